The lowest BCUT2D eigenvalue weighted by molar-refractivity contribution is 1.28. The quantitative estimate of drug-likeness (QED) is 0.285. The van der Waals surface area contributed by atoms with Crippen LogP contribution in [-0.4, -0.2) is 9.97 Å². The Bertz CT molecular complexity index is 553. The molecule has 84 valence electrons. The Morgan fingerprint density at radius 3 is 1.44 bits per heavy atom. The minimum atomic E-state index is 0.422. The smallest absolute Gasteiger partial charge is 0.145 e. The Labute approximate surface area is 145 Å². The molecule has 0 bridgehead atoms. The van der Waals surface area contributed by atoms with Crippen LogP contribution in [0.4, 0.5) is 0 Å². The predicted molar refractivity (Wildman–Crippen MR) is 90.4 cm³/mol. The van der Waals surface area contributed by atoms with Crippen molar-refractivity contribution in [2.75, 3.05) is 0 Å². The molecule has 0 aliphatic carbocycles. The van der Waals surface area contributed by atoms with Gasteiger partial charge in [0.15, 0.2) is 0 Å². The van der Waals surface area contributed by atoms with Crippen LogP contribution in [0.15, 0.2) is 8.95 Å². The average molecular weight is 609 g/mol. The molecule has 0 fully saturated rings. The molecule has 2 rings (SSSR count). The lowest BCUT2D eigenvalue weighted by Crippen LogP contribution is -1.95. The molecule has 0 spiro atoms. The number of hydrogen-bond acceptors (Lipinski definition) is 2. The van der Waals surface area contributed by atoms with Gasteiger partial charge in [0.2, 0.25) is 0 Å². The number of fused-ring (bicyclic) bond motifs is 1. The molecule has 0 unspecified atom stereocenters. The Kier molecular flexibility index (Phi) is 4.61. The monoisotopic (exact) mass is 606 g/mol. The Morgan fingerprint density at radius 2 is 1.12 bits per heavy atom. The first-order valence-corrected chi connectivity index (χ1v) is 8.28. The van der Waals surface area contributed by atoms with Crippen molar-refractivity contribution in [3.8, 4) is 0 Å². The lowest BCUT2D eigenvalue weighted by Gasteiger charge is -2.08. The first-order chi connectivity index (χ1) is 7.43. The molecule has 0 saturated carbocycles. The Balaban J connectivity index is 3.02. The minimum absolute atomic E-state index is 0.422. The van der Waals surface area contributed by atoms with Crippen molar-refractivity contribution in [1.82, 2.24) is 9.97 Å². The molecule has 2 aromatic rings. The Morgan fingerprint density at radius 1 is 0.812 bits per heavy atom. The second-order valence-corrected chi connectivity index (χ2v) is 7.22. The van der Waals surface area contributed by atoms with Crippen molar-refractivity contribution in [2.24, 2.45) is 0 Å². The molecule has 0 amide bonds. The maximum atomic E-state index is 6.01. The van der Waals surface area contributed by atoms with E-state index >= 15 is 0 Å². The van der Waals surface area contributed by atoms with E-state index in [9.17, 15) is 0 Å². The molecule has 16 heavy (non-hydrogen) atoms. The normalized spacial score (nSPS) is 11.1. The van der Waals surface area contributed by atoms with Crippen molar-refractivity contribution < 1.29 is 0 Å². The van der Waals surface area contributed by atoms with Gasteiger partial charge in [0.1, 0.15) is 21.3 Å². The van der Waals surface area contributed by atoms with Gasteiger partial charge < -0.3 is 0 Å². The molecule has 2 aromatic heterocycles. The summed E-state index contributed by atoms with van der Waals surface area (Å²) in [6.45, 7) is 0. The summed E-state index contributed by atoms with van der Waals surface area (Å²) in [5.41, 5.74) is 1.49. The molecule has 0 N–H and O–H groups in total. The molecule has 8 heteroatoms. The van der Waals surface area contributed by atoms with Gasteiger partial charge in [-0.25, -0.2) is 9.97 Å². The topological polar surface area (TPSA) is 25.8 Å². The van der Waals surface area contributed by atoms with Crippen molar-refractivity contribution >= 4 is 111 Å². The van der Waals surface area contributed by atoms with Crippen LogP contribution in [0.3, 0.4) is 0 Å². The molecular formula is C8Br2Cl2I2N2. The van der Waals surface area contributed by atoms with Gasteiger partial charge in [-0.2, -0.15) is 0 Å². The third-order valence-electron chi connectivity index (χ3n) is 1.81. The van der Waals surface area contributed by atoms with Gasteiger partial charge in [-0.1, -0.05) is 23.2 Å². The first-order valence-electron chi connectivity index (χ1n) is 3.78. The van der Waals surface area contributed by atoms with Gasteiger partial charge >= 0.3 is 0 Å². The highest BCUT2D eigenvalue weighted by molar-refractivity contribution is 14.1. The van der Waals surface area contributed by atoms with E-state index in [0.717, 1.165) is 27.1 Å². The van der Waals surface area contributed by atoms with E-state index in [1.54, 1.807) is 0 Å². The second kappa shape index (κ2) is 5.28. The highest BCUT2D eigenvalue weighted by Crippen LogP contribution is 2.37. The molecule has 0 aromatic carbocycles. The highest BCUT2D eigenvalue weighted by atomic mass is 127. The summed E-state index contributed by atoms with van der Waals surface area (Å²) in [5, 5.41) is 0.844. The van der Waals surface area contributed by atoms with Crippen LogP contribution < -0.4 is 0 Å². The van der Waals surface area contributed by atoms with E-state index in [1.807, 2.05) is 0 Å². The van der Waals surface area contributed by atoms with Crippen LogP contribution in [-0.2, 0) is 0 Å². The molecule has 0 radical (unpaired) electrons. The summed E-state index contributed by atoms with van der Waals surface area (Å²) < 4.78 is 3.28. The van der Waals surface area contributed by atoms with E-state index in [4.69, 9.17) is 23.2 Å². The fourth-order valence-electron chi connectivity index (χ4n) is 1.10. The third-order valence-corrected chi connectivity index (χ3v) is 7.94. The maximum Gasteiger partial charge on any atom is 0.145 e. The van der Waals surface area contributed by atoms with Gasteiger partial charge in [0.05, 0.1) is 16.1 Å². The van der Waals surface area contributed by atoms with Crippen LogP contribution in [0.1, 0.15) is 0 Å². The number of pyridine rings is 2. The molecule has 0 saturated heterocycles. The van der Waals surface area contributed by atoms with Gasteiger partial charge in [-0.05, 0) is 77.0 Å². The largest absolute Gasteiger partial charge is 0.232 e. The second-order valence-electron chi connectivity index (χ2n) is 2.76. The van der Waals surface area contributed by atoms with E-state index < -0.39 is 0 Å². The highest BCUT2D eigenvalue weighted by Gasteiger charge is 2.17. The fourth-order valence-corrected chi connectivity index (χ4v) is 3.59. The molecular weight excluding hydrogens is 609 g/mol. The van der Waals surface area contributed by atoms with Crippen LogP contribution in [0.2, 0.25) is 10.3 Å². The van der Waals surface area contributed by atoms with Crippen molar-refractivity contribution in [2.45, 2.75) is 0 Å². The number of aromatic nitrogens is 2. The maximum absolute atomic E-state index is 6.01. The summed E-state index contributed by atoms with van der Waals surface area (Å²) in [6, 6.07) is 0. The van der Waals surface area contributed by atoms with E-state index in [0.29, 0.717) is 10.3 Å². The third kappa shape index (κ3) is 2.34. The number of nitrogens with zero attached hydrogens (tertiary/aromatic N) is 2. The van der Waals surface area contributed by atoms with Gasteiger partial charge in [-0.3, -0.25) is 0 Å². The summed E-state index contributed by atoms with van der Waals surface area (Å²) in [5.74, 6) is 0. The fraction of sp³-hybridized carbons (Fsp3) is 0. The molecule has 2 heterocycles. The zero-order valence-corrected chi connectivity index (χ0v) is 16.2. The predicted octanol–water partition coefficient (Wildman–Crippen LogP) is 5.67. The molecule has 2 nitrogen and oxygen atoms in total. The van der Waals surface area contributed by atoms with Crippen molar-refractivity contribution in [3.63, 3.8) is 0 Å². The Hall–Kier alpha value is 1.56. The van der Waals surface area contributed by atoms with E-state index in [1.165, 1.54) is 0 Å². The molecule has 0 atom stereocenters. The van der Waals surface area contributed by atoms with E-state index in [-0.39, 0.29) is 0 Å². The average Bonchev–Trinajstić information content (AvgIpc) is 2.25. The molecule has 0 aliphatic rings. The van der Waals surface area contributed by atoms with E-state index in [2.05, 4.69) is 87.0 Å². The zero-order chi connectivity index (χ0) is 12.0. The van der Waals surface area contributed by atoms with Gasteiger partial charge in [0, 0.05) is 0 Å². The van der Waals surface area contributed by atoms with Crippen LogP contribution >= 0.6 is 100 Å². The summed E-state index contributed by atoms with van der Waals surface area (Å²) in [7, 11) is 0. The summed E-state index contributed by atoms with van der Waals surface area (Å²) >= 11 is 23.1. The zero-order valence-electron chi connectivity index (χ0n) is 7.16. The summed E-state index contributed by atoms with van der Waals surface area (Å²) in [6.07, 6.45) is 0. The van der Waals surface area contributed by atoms with Crippen molar-refractivity contribution in [3.05, 3.63) is 26.4 Å². The van der Waals surface area contributed by atoms with Crippen LogP contribution in [0, 0.1) is 7.14 Å². The van der Waals surface area contributed by atoms with Crippen LogP contribution in [0.5, 0.6) is 0 Å². The SMILES string of the molecule is Clc1nc2c(I)c(Br)c(Cl)nc2c(I)c1Br. The standard InChI is InChI=1S/C8Br2Cl2I2N2/c9-1-3(13)5-6(15-7(1)11)4(14)2(10)8(12)16-5. The lowest BCUT2D eigenvalue weighted by atomic mass is 10.3. The minimum Gasteiger partial charge on any atom is -0.232 e. The van der Waals surface area contributed by atoms with Crippen molar-refractivity contribution in [1.29, 1.82) is 0 Å². The molecule has 0 aliphatic heterocycles. The number of hydrogen-bond donors (Lipinski definition) is 0. The van der Waals surface area contributed by atoms with Gasteiger partial charge in [0.25, 0.3) is 0 Å². The first kappa shape index (κ1) is 14.0. The number of halogens is 6. The number of rotatable bonds is 0. The van der Waals surface area contributed by atoms with Gasteiger partial charge in [-0.15, -0.1) is 0 Å². The van der Waals surface area contributed by atoms with Crippen LogP contribution in [0.25, 0.3) is 11.0 Å². The summed E-state index contributed by atoms with van der Waals surface area (Å²) in [4.78, 5) is 8.59.